The molecule has 1 heterocycles. The molecule has 2 rings (SSSR count). The van der Waals surface area contributed by atoms with Crippen molar-refractivity contribution in [3.05, 3.63) is 17.2 Å². The van der Waals surface area contributed by atoms with Gasteiger partial charge in [-0.15, -0.1) is 0 Å². The molecule has 0 fully saturated rings. The van der Waals surface area contributed by atoms with Crippen molar-refractivity contribution < 1.29 is 13.2 Å². The molecule has 88 valence electrons. The fourth-order valence-electron chi connectivity index (χ4n) is 1.59. The first-order chi connectivity index (χ1) is 7.44. The molecule has 0 amide bonds. The molecule has 1 aromatic carbocycles. The lowest BCUT2D eigenvalue weighted by atomic mass is 10.3. The number of fused-ring (bicyclic) bond motifs is 1. The van der Waals surface area contributed by atoms with Crippen LogP contribution in [0, 0.1) is 0 Å². The Bertz CT molecular complexity index is 530. The Kier molecular flexibility index (Phi) is 2.73. The van der Waals surface area contributed by atoms with Gasteiger partial charge in [-0.3, -0.25) is 0 Å². The van der Waals surface area contributed by atoms with Crippen LogP contribution in [-0.4, -0.2) is 21.7 Å². The first-order valence-electron chi connectivity index (χ1n) is 4.60. The average molecular weight is 263 g/mol. The Morgan fingerprint density at radius 3 is 2.75 bits per heavy atom. The Morgan fingerprint density at radius 2 is 2.12 bits per heavy atom. The highest BCUT2D eigenvalue weighted by molar-refractivity contribution is 7.89. The van der Waals surface area contributed by atoms with Crippen LogP contribution in [0.2, 0.25) is 5.02 Å². The lowest BCUT2D eigenvalue weighted by Crippen LogP contribution is -2.42. The molecule has 0 saturated heterocycles. The van der Waals surface area contributed by atoms with Crippen LogP contribution in [0.25, 0.3) is 0 Å². The Labute approximate surface area is 98.8 Å². The van der Waals surface area contributed by atoms with E-state index < -0.39 is 10.0 Å². The van der Waals surface area contributed by atoms with Gasteiger partial charge in [-0.05, 0) is 13.0 Å². The highest BCUT2D eigenvalue weighted by atomic mass is 35.5. The first kappa shape index (κ1) is 11.5. The minimum atomic E-state index is -3.49. The second kappa shape index (κ2) is 3.80. The van der Waals surface area contributed by atoms with Crippen molar-refractivity contribution in [1.29, 1.82) is 0 Å². The van der Waals surface area contributed by atoms with Crippen molar-refractivity contribution in [2.75, 3.05) is 12.4 Å². The van der Waals surface area contributed by atoms with Crippen molar-refractivity contribution in [3.63, 3.8) is 0 Å². The number of anilines is 1. The molecule has 0 aromatic heterocycles. The molecule has 1 atom stereocenters. The quantitative estimate of drug-likeness (QED) is 0.803. The van der Waals surface area contributed by atoms with Crippen LogP contribution in [0.3, 0.4) is 0 Å². The van der Waals surface area contributed by atoms with Gasteiger partial charge in [0.1, 0.15) is 10.6 Å². The summed E-state index contributed by atoms with van der Waals surface area (Å²) in [5.41, 5.74) is 0.493. The van der Waals surface area contributed by atoms with Crippen molar-refractivity contribution >= 4 is 27.3 Å². The van der Waals surface area contributed by atoms with E-state index in [0.717, 1.165) is 0 Å². The van der Waals surface area contributed by atoms with E-state index in [9.17, 15) is 8.42 Å². The molecule has 1 unspecified atom stereocenters. The van der Waals surface area contributed by atoms with Crippen LogP contribution in [0.4, 0.5) is 5.69 Å². The molecule has 1 aliphatic heterocycles. The molecule has 0 aliphatic carbocycles. The minimum absolute atomic E-state index is 0.136. The largest absolute Gasteiger partial charge is 0.495 e. The number of hydrogen-bond acceptors (Lipinski definition) is 4. The summed E-state index contributed by atoms with van der Waals surface area (Å²) < 4.78 is 31.0. The number of nitrogens with one attached hydrogen (secondary N) is 2. The maximum Gasteiger partial charge on any atom is 0.244 e. The molecular weight excluding hydrogens is 252 g/mol. The van der Waals surface area contributed by atoms with Gasteiger partial charge in [0.15, 0.2) is 0 Å². The predicted octanol–water partition coefficient (Wildman–Crippen LogP) is 1.40. The maximum atomic E-state index is 11.8. The highest BCUT2D eigenvalue weighted by Gasteiger charge is 2.28. The second-order valence-electron chi connectivity index (χ2n) is 3.47. The van der Waals surface area contributed by atoms with Crippen LogP contribution < -0.4 is 14.8 Å². The zero-order valence-electron chi connectivity index (χ0n) is 8.74. The normalized spacial score (nSPS) is 22.1. The summed E-state index contributed by atoms with van der Waals surface area (Å²) in [4.78, 5) is 0.136. The van der Waals surface area contributed by atoms with E-state index in [1.807, 2.05) is 0 Å². The van der Waals surface area contributed by atoms with Gasteiger partial charge in [-0.2, -0.15) is 4.72 Å². The van der Waals surface area contributed by atoms with E-state index in [2.05, 4.69) is 10.0 Å². The zero-order chi connectivity index (χ0) is 11.9. The number of methoxy groups -OCH3 is 1. The lowest BCUT2D eigenvalue weighted by molar-refractivity contribution is 0.414. The van der Waals surface area contributed by atoms with Gasteiger partial charge in [0.2, 0.25) is 10.0 Å². The van der Waals surface area contributed by atoms with Gasteiger partial charge in [-0.1, -0.05) is 11.6 Å². The van der Waals surface area contributed by atoms with Crippen molar-refractivity contribution in [1.82, 2.24) is 4.72 Å². The Balaban J connectivity index is 2.64. The third-order valence-corrected chi connectivity index (χ3v) is 4.12. The highest BCUT2D eigenvalue weighted by Crippen LogP contribution is 2.35. The Morgan fingerprint density at radius 1 is 1.44 bits per heavy atom. The van der Waals surface area contributed by atoms with Crippen LogP contribution in [0.15, 0.2) is 17.0 Å². The third kappa shape index (κ3) is 1.83. The SMILES string of the molecule is COc1cc2c(cc1Cl)S(=O)(=O)NC(C)N2. The molecular formula is C9H11ClN2O3S. The molecule has 0 spiro atoms. The van der Waals surface area contributed by atoms with Gasteiger partial charge in [0, 0.05) is 6.07 Å². The second-order valence-corrected chi connectivity index (χ2v) is 5.56. The molecule has 5 nitrogen and oxygen atoms in total. The summed E-state index contributed by atoms with van der Waals surface area (Å²) in [6.07, 6.45) is -0.358. The number of hydrogen-bond donors (Lipinski definition) is 2. The van der Waals surface area contributed by atoms with Crippen LogP contribution >= 0.6 is 11.6 Å². The summed E-state index contributed by atoms with van der Waals surface area (Å²) in [6.45, 7) is 1.71. The molecule has 0 saturated carbocycles. The third-order valence-electron chi connectivity index (χ3n) is 2.25. The molecule has 2 N–H and O–H groups in total. The fraction of sp³-hybridized carbons (Fsp3) is 0.333. The van der Waals surface area contributed by atoms with Crippen molar-refractivity contribution in [3.8, 4) is 5.75 Å². The number of rotatable bonds is 1. The fourth-order valence-corrected chi connectivity index (χ4v) is 3.22. The van der Waals surface area contributed by atoms with Crippen LogP contribution in [-0.2, 0) is 10.0 Å². The van der Waals surface area contributed by atoms with Crippen molar-refractivity contribution in [2.24, 2.45) is 0 Å². The molecule has 1 aromatic rings. The predicted molar refractivity (Wildman–Crippen MR) is 61.4 cm³/mol. The number of halogens is 1. The molecule has 16 heavy (non-hydrogen) atoms. The maximum absolute atomic E-state index is 11.8. The van der Waals surface area contributed by atoms with Gasteiger partial charge < -0.3 is 10.1 Å². The van der Waals surface area contributed by atoms with E-state index in [-0.39, 0.29) is 16.1 Å². The van der Waals surface area contributed by atoms with E-state index >= 15 is 0 Å². The van der Waals surface area contributed by atoms with Gasteiger partial charge >= 0.3 is 0 Å². The topological polar surface area (TPSA) is 67.4 Å². The van der Waals surface area contributed by atoms with Crippen LogP contribution in [0.1, 0.15) is 6.92 Å². The minimum Gasteiger partial charge on any atom is -0.495 e. The van der Waals surface area contributed by atoms with Crippen LogP contribution in [0.5, 0.6) is 5.75 Å². The molecule has 0 bridgehead atoms. The molecule has 0 radical (unpaired) electrons. The van der Waals surface area contributed by atoms with Gasteiger partial charge in [-0.25, -0.2) is 8.42 Å². The summed E-state index contributed by atoms with van der Waals surface area (Å²) in [5.74, 6) is 0.442. The average Bonchev–Trinajstić information content (AvgIpc) is 2.17. The molecule has 1 aliphatic rings. The summed E-state index contributed by atoms with van der Waals surface area (Å²) in [6, 6.07) is 2.95. The lowest BCUT2D eigenvalue weighted by Gasteiger charge is -2.25. The van der Waals surface area contributed by atoms with E-state index in [1.54, 1.807) is 13.0 Å². The Hall–Kier alpha value is -0.980. The smallest absolute Gasteiger partial charge is 0.244 e. The number of sulfonamides is 1. The monoisotopic (exact) mass is 262 g/mol. The first-order valence-corrected chi connectivity index (χ1v) is 6.46. The van der Waals surface area contributed by atoms with Gasteiger partial charge in [0.05, 0.1) is 24.0 Å². The molecule has 7 heteroatoms. The van der Waals surface area contributed by atoms with E-state index in [4.69, 9.17) is 16.3 Å². The van der Waals surface area contributed by atoms with E-state index in [0.29, 0.717) is 11.4 Å². The summed E-state index contributed by atoms with van der Waals surface area (Å²) in [7, 11) is -2.01. The number of ether oxygens (including phenoxy) is 1. The van der Waals surface area contributed by atoms with E-state index in [1.165, 1.54) is 13.2 Å². The number of benzene rings is 1. The van der Waals surface area contributed by atoms with Gasteiger partial charge in [0.25, 0.3) is 0 Å². The zero-order valence-corrected chi connectivity index (χ0v) is 10.3. The van der Waals surface area contributed by atoms with Crippen molar-refractivity contribution in [2.45, 2.75) is 18.0 Å². The summed E-state index contributed by atoms with van der Waals surface area (Å²) in [5, 5.41) is 3.26. The standard InChI is InChI=1S/C9H11ClN2O3S/c1-5-11-7-4-8(15-2)6(10)3-9(7)16(13,14)12-5/h3-5,11-12H,1-2H3. The summed E-state index contributed by atoms with van der Waals surface area (Å²) >= 11 is 5.88.